The van der Waals surface area contributed by atoms with Crippen molar-refractivity contribution in [2.24, 2.45) is 7.05 Å². The lowest BCUT2D eigenvalue weighted by Gasteiger charge is -2.15. The summed E-state index contributed by atoms with van der Waals surface area (Å²) in [6.07, 6.45) is 3.71. The Kier molecular flexibility index (Phi) is 4.62. The first-order valence-electron chi connectivity index (χ1n) is 7.12. The summed E-state index contributed by atoms with van der Waals surface area (Å²) < 4.78 is 1.99. The molecule has 21 heavy (non-hydrogen) atoms. The highest BCUT2D eigenvalue weighted by molar-refractivity contribution is 5.94. The molecular weight excluding hydrogens is 264 g/mol. The maximum Gasteiger partial charge on any atom is 0.251 e. The van der Waals surface area contributed by atoms with Crippen LogP contribution >= 0.6 is 0 Å². The number of hydrogen-bond donors (Lipinski definition) is 2. The molecule has 1 atom stereocenters. The molecule has 1 heterocycles. The van der Waals surface area contributed by atoms with Crippen molar-refractivity contribution >= 4 is 11.6 Å². The predicted molar refractivity (Wildman–Crippen MR) is 84.3 cm³/mol. The van der Waals surface area contributed by atoms with Crippen LogP contribution in [0.4, 0.5) is 5.69 Å². The van der Waals surface area contributed by atoms with Gasteiger partial charge in [0.2, 0.25) is 0 Å². The van der Waals surface area contributed by atoms with E-state index in [9.17, 15) is 4.79 Å². The molecule has 0 bridgehead atoms. The number of nitrogens with zero attached hydrogens (tertiary/aromatic N) is 2. The first kappa shape index (κ1) is 15.1. The Morgan fingerprint density at radius 2 is 1.86 bits per heavy atom. The number of rotatable bonds is 5. The summed E-state index contributed by atoms with van der Waals surface area (Å²) in [5.41, 5.74) is 1.63. The van der Waals surface area contributed by atoms with Gasteiger partial charge in [0, 0.05) is 36.7 Å². The Labute approximate surface area is 125 Å². The van der Waals surface area contributed by atoms with E-state index in [0.717, 1.165) is 11.5 Å². The normalized spacial score (nSPS) is 12.2. The third-order valence-electron chi connectivity index (χ3n) is 3.20. The molecule has 0 spiro atoms. The van der Waals surface area contributed by atoms with Crippen LogP contribution in [0.5, 0.6) is 0 Å². The van der Waals surface area contributed by atoms with Crippen molar-refractivity contribution in [3.63, 3.8) is 0 Å². The average Bonchev–Trinajstić information content (AvgIpc) is 2.85. The van der Waals surface area contributed by atoms with Gasteiger partial charge in [-0.3, -0.25) is 4.79 Å². The molecule has 0 aliphatic rings. The Bertz CT molecular complexity index is 601. The maximum absolute atomic E-state index is 11.9. The molecule has 0 fully saturated rings. The van der Waals surface area contributed by atoms with Crippen LogP contribution in [0.15, 0.2) is 36.7 Å². The summed E-state index contributed by atoms with van der Waals surface area (Å²) in [5, 5.41) is 6.25. The molecule has 0 saturated carbocycles. The van der Waals surface area contributed by atoms with E-state index in [2.05, 4.69) is 22.5 Å². The minimum atomic E-state index is -0.0475. The number of imidazole rings is 1. The van der Waals surface area contributed by atoms with Gasteiger partial charge in [0.1, 0.15) is 5.82 Å². The largest absolute Gasteiger partial charge is 0.375 e. The summed E-state index contributed by atoms with van der Waals surface area (Å²) >= 11 is 0. The quantitative estimate of drug-likeness (QED) is 0.888. The molecule has 2 rings (SSSR count). The SMILES string of the molecule is CC(C)NC(=O)c1ccc(NC(C)c2nccn2C)cc1. The monoisotopic (exact) mass is 286 g/mol. The number of anilines is 1. The van der Waals surface area contributed by atoms with Crippen LogP contribution in [0.25, 0.3) is 0 Å². The Balaban J connectivity index is 2.03. The van der Waals surface area contributed by atoms with Gasteiger partial charge in [-0.2, -0.15) is 0 Å². The van der Waals surface area contributed by atoms with Gasteiger partial charge in [-0.05, 0) is 45.0 Å². The zero-order valence-corrected chi connectivity index (χ0v) is 12.9. The zero-order valence-electron chi connectivity index (χ0n) is 12.9. The van der Waals surface area contributed by atoms with E-state index in [1.54, 1.807) is 6.20 Å². The molecule has 0 aliphatic heterocycles. The van der Waals surface area contributed by atoms with Gasteiger partial charge in [-0.1, -0.05) is 0 Å². The van der Waals surface area contributed by atoms with Crippen molar-refractivity contribution in [2.75, 3.05) is 5.32 Å². The van der Waals surface area contributed by atoms with Crippen molar-refractivity contribution in [2.45, 2.75) is 32.9 Å². The van der Waals surface area contributed by atoms with Gasteiger partial charge in [0.15, 0.2) is 0 Å². The van der Waals surface area contributed by atoms with Crippen LogP contribution in [-0.4, -0.2) is 21.5 Å². The van der Waals surface area contributed by atoms with E-state index in [4.69, 9.17) is 0 Å². The predicted octanol–water partition coefficient (Wildman–Crippen LogP) is 2.73. The molecule has 112 valence electrons. The molecule has 1 amide bonds. The van der Waals surface area contributed by atoms with E-state index < -0.39 is 0 Å². The molecule has 0 aliphatic carbocycles. The number of carbonyl (C=O) groups excluding carboxylic acids is 1. The molecule has 0 saturated heterocycles. The van der Waals surface area contributed by atoms with Crippen molar-refractivity contribution in [1.29, 1.82) is 0 Å². The molecule has 0 radical (unpaired) electrons. The molecule has 5 nitrogen and oxygen atoms in total. The summed E-state index contributed by atoms with van der Waals surface area (Å²) in [5.74, 6) is 0.922. The van der Waals surface area contributed by atoms with Gasteiger partial charge in [0.25, 0.3) is 5.91 Å². The molecule has 1 aromatic heterocycles. The Hall–Kier alpha value is -2.30. The number of hydrogen-bond acceptors (Lipinski definition) is 3. The van der Waals surface area contributed by atoms with Crippen LogP contribution in [0.1, 0.15) is 43.0 Å². The average molecular weight is 286 g/mol. The van der Waals surface area contributed by atoms with E-state index in [1.165, 1.54) is 0 Å². The third kappa shape index (κ3) is 3.84. The fourth-order valence-electron chi connectivity index (χ4n) is 2.17. The molecule has 1 aromatic carbocycles. The minimum absolute atomic E-state index is 0.0475. The van der Waals surface area contributed by atoms with E-state index in [1.807, 2.05) is 55.9 Å². The standard InChI is InChI=1S/C16H22N4O/c1-11(2)18-16(21)13-5-7-14(8-6-13)19-12(3)15-17-9-10-20(15)4/h5-12,19H,1-4H3,(H,18,21). The highest BCUT2D eigenvalue weighted by Gasteiger charge is 2.11. The molecule has 5 heteroatoms. The van der Waals surface area contributed by atoms with Crippen LogP contribution in [0.2, 0.25) is 0 Å². The van der Waals surface area contributed by atoms with Crippen molar-refractivity contribution in [3.05, 3.63) is 48.0 Å². The number of benzene rings is 1. The second-order valence-electron chi connectivity index (χ2n) is 5.47. The van der Waals surface area contributed by atoms with Gasteiger partial charge in [0.05, 0.1) is 6.04 Å². The Morgan fingerprint density at radius 3 is 2.38 bits per heavy atom. The van der Waals surface area contributed by atoms with E-state index in [-0.39, 0.29) is 18.0 Å². The summed E-state index contributed by atoms with van der Waals surface area (Å²) in [6, 6.07) is 7.71. The lowest BCUT2D eigenvalue weighted by atomic mass is 10.1. The van der Waals surface area contributed by atoms with Gasteiger partial charge in [-0.25, -0.2) is 4.98 Å². The lowest BCUT2D eigenvalue weighted by Crippen LogP contribution is -2.29. The number of amides is 1. The van der Waals surface area contributed by atoms with Gasteiger partial charge >= 0.3 is 0 Å². The fourth-order valence-corrected chi connectivity index (χ4v) is 2.17. The highest BCUT2D eigenvalue weighted by Crippen LogP contribution is 2.18. The number of aryl methyl sites for hydroxylation is 1. The lowest BCUT2D eigenvalue weighted by molar-refractivity contribution is 0.0943. The molecule has 2 N–H and O–H groups in total. The zero-order chi connectivity index (χ0) is 15.4. The summed E-state index contributed by atoms with van der Waals surface area (Å²) in [6.45, 7) is 5.95. The Morgan fingerprint density at radius 1 is 1.19 bits per heavy atom. The van der Waals surface area contributed by atoms with Crippen molar-refractivity contribution in [1.82, 2.24) is 14.9 Å². The summed E-state index contributed by atoms with van der Waals surface area (Å²) in [4.78, 5) is 16.2. The highest BCUT2D eigenvalue weighted by atomic mass is 16.1. The second-order valence-corrected chi connectivity index (χ2v) is 5.47. The molecule has 2 aromatic rings. The first-order chi connectivity index (χ1) is 9.97. The van der Waals surface area contributed by atoms with Crippen molar-refractivity contribution < 1.29 is 4.79 Å². The fraction of sp³-hybridized carbons (Fsp3) is 0.375. The minimum Gasteiger partial charge on any atom is -0.375 e. The summed E-state index contributed by atoms with van der Waals surface area (Å²) in [7, 11) is 1.97. The smallest absolute Gasteiger partial charge is 0.251 e. The van der Waals surface area contributed by atoms with Crippen LogP contribution in [-0.2, 0) is 7.05 Å². The van der Waals surface area contributed by atoms with Crippen LogP contribution in [0.3, 0.4) is 0 Å². The maximum atomic E-state index is 11.9. The van der Waals surface area contributed by atoms with Crippen LogP contribution in [0, 0.1) is 0 Å². The van der Waals surface area contributed by atoms with Gasteiger partial charge in [-0.15, -0.1) is 0 Å². The topological polar surface area (TPSA) is 59.0 Å². The number of aromatic nitrogens is 2. The molecular formula is C16H22N4O. The third-order valence-corrected chi connectivity index (χ3v) is 3.20. The second kappa shape index (κ2) is 6.43. The van der Waals surface area contributed by atoms with Crippen LogP contribution < -0.4 is 10.6 Å². The van der Waals surface area contributed by atoms with Gasteiger partial charge < -0.3 is 15.2 Å². The number of nitrogens with one attached hydrogen (secondary N) is 2. The van der Waals surface area contributed by atoms with E-state index >= 15 is 0 Å². The van der Waals surface area contributed by atoms with Crippen molar-refractivity contribution in [3.8, 4) is 0 Å². The molecule has 1 unspecified atom stereocenters. The first-order valence-corrected chi connectivity index (χ1v) is 7.12. The van der Waals surface area contributed by atoms with E-state index in [0.29, 0.717) is 5.56 Å². The number of carbonyl (C=O) groups is 1.